The highest BCUT2D eigenvalue weighted by atomic mass is 16.4. The molecule has 1 saturated carbocycles. The molecule has 0 radical (unpaired) electrons. The Hall–Kier alpha value is -1.31. The summed E-state index contributed by atoms with van der Waals surface area (Å²) < 4.78 is 0. The van der Waals surface area contributed by atoms with E-state index in [1.807, 2.05) is 26.0 Å². The maximum atomic E-state index is 11.7. The smallest absolute Gasteiger partial charge is 0.314 e. The monoisotopic (exact) mass is 232 g/mol. The molecule has 0 atom stereocenters. The van der Waals surface area contributed by atoms with Gasteiger partial charge in [-0.2, -0.15) is 0 Å². The zero-order valence-corrected chi connectivity index (χ0v) is 10.6. The third-order valence-corrected chi connectivity index (χ3v) is 4.01. The normalized spacial score (nSPS) is 18.9. The number of aryl methyl sites for hydroxylation is 2. The van der Waals surface area contributed by atoms with E-state index in [4.69, 9.17) is 0 Å². The summed E-state index contributed by atoms with van der Waals surface area (Å²) in [5.74, 6) is -0.649. The maximum Gasteiger partial charge on any atom is 0.314 e. The molecule has 0 aromatic heterocycles. The minimum absolute atomic E-state index is 0.629. The Morgan fingerprint density at radius 3 is 2.35 bits per heavy atom. The van der Waals surface area contributed by atoms with Gasteiger partial charge >= 0.3 is 5.97 Å². The quantitative estimate of drug-likeness (QED) is 0.846. The third-order valence-electron chi connectivity index (χ3n) is 4.01. The Balaban J connectivity index is 2.49. The summed E-state index contributed by atoms with van der Waals surface area (Å²) in [5, 5.41) is 9.64. The van der Waals surface area contributed by atoms with E-state index in [0.29, 0.717) is 0 Å². The molecule has 0 bridgehead atoms. The van der Waals surface area contributed by atoms with Gasteiger partial charge < -0.3 is 5.11 Å². The Labute approximate surface area is 103 Å². The Morgan fingerprint density at radius 1 is 1.18 bits per heavy atom. The summed E-state index contributed by atoms with van der Waals surface area (Å²) in [7, 11) is 0. The Kier molecular flexibility index (Phi) is 3.23. The number of carboxylic acids is 1. The number of carbonyl (C=O) groups is 1. The average molecular weight is 232 g/mol. The fourth-order valence-corrected chi connectivity index (χ4v) is 3.10. The molecule has 0 spiro atoms. The van der Waals surface area contributed by atoms with Gasteiger partial charge in [0.15, 0.2) is 0 Å². The lowest BCUT2D eigenvalue weighted by molar-refractivity contribution is -0.145. The van der Waals surface area contributed by atoms with Gasteiger partial charge in [0.25, 0.3) is 0 Å². The van der Waals surface area contributed by atoms with Crippen molar-refractivity contribution in [2.45, 2.75) is 51.4 Å². The van der Waals surface area contributed by atoms with Crippen molar-refractivity contribution < 1.29 is 9.90 Å². The first-order valence-electron chi connectivity index (χ1n) is 6.37. The second-order valence-corrected chi connectivity index (χ2v) is 5.27. The molecule has 1 aromatic rings. The van der Waals surface area contributed by atoms with Crippen LogP contribution >= 0.6 is 0 Å². The van der Waals surface area contributed by atoms with Crippen LogP contribution in [-0.2, 0) is 10.2 Å². The van der Waals surface area contributed by atoms with Crippen LogP contribution in [0.3, 0.4) is 0 Å². The van der Waals surface area contributed by atoms with Crippen LogP contribution in [-0.4, -0.2) is 11.1 Å². The van der Waals surface area contributed by atoms with Crippen LogP contribution in [0.25, 0.3) is 0 Å². The van der Waals surface area contributed by atoms with Gasteiger partial charge in [0.1, 0.15) is 0 Å². The number of carboxylic acid groups (broad SMARTS) is 1. The molecule has 92 valence electrons. The molecule has 1 aliphatic carbocycles. The van der Waals surface area contributed by atoms with Gasteiger partial charge in [-0.25, -0.2) is 0 Å². The van der Waals surface area contributed by atoms with Gasteiger partial charge in [0, 0.05) is 0 Å². The molecule has 1 N–H and O–H groups in total. The summed E-state index contributed by atoms with van der Waals surface area (Å²) in [6.45, 7) is 4.08. The number of rotatable bonds is 2. The molecule has 0 saturated heterocycles. The van der Waals surface area contributed by atoms with E-state index in [1.54, 1.807) is 0 Å². The number of hydrogen-bond acceptors (Lipinski definition) is 1. The summed E-state index contributed by atoms with van der Waals surface area (Å²) in [6.07, 6.45) is 4.79. The molecule has 1 aromatic carbocycles. The second-order valence-electron chi connectivity index (χ2n) is 5.27. The van der Waals surface area contributed by atoms with Gasteiger partial charge in [0.05, 0.1) is 5.41 Å². The molecule has 0 heterocycles. The van der Waals surface area contributed by atoms with E-state index in [2.05, 4.69) is 6.07 Å². The van der Waals surface area contributed by atoms with E-state index in [-0.39, 0.29) is 0 Å². The molecule has 1 aliphatic rings. The van der Waals surface area contributed by atoms with Crippen LogP contribution in [0.2, 0.25) is 0 Å². The van der Waals surface area contributed by atoms with Crippen LogP contribution in [0.4, 0.5) is 0 Å². The molecule has 1 fully saturated rings. The van der Waals surface area contributed by atoms with Gasteiger partial charge in [-0.05, 0) is 37.8 Å². The highest BCUT2D eigenvalue weighted by Crippen LogP contribution is 2.41. The SMILES string of the molecule is Cc1ccc(C2(C(=O)O)CCCCC2)c(C)c1. The van der Waals surface area contributed by atoms with Gasteiger partial charge in [-0.1, -0.05) is 43.0 Å². The number of hydrogen-bond donors (Lipinski definition) is 1. The first-order chi connectivity index (χ1) is 8.06. The van der Waals surface area contributed by atoms with Crippen molar-refractivity contribution in [1.29, 1.82) is 0 Å². The molecule has 17 heavy (non-hydrogen) atoms. The fraction of sp³-hybridized carbons (Fsp3) is 0.533. The van der Waals surface area contributed by atoms with Crippen LogP contribution in [0, 0.1) is 13.8 Å². The first kappa shape index (κ1) is 12.2. The van der Waals surface area contributed by atoms with Gasteiger partial charge in [0.2, 0.25) is 0 Å². The standard InChI is InChI=1S/C15H20O2/c1-11-6-7-13(12(2)10-11)15(14(16)17)8-4-3-5-9-15/h6-7,10H,3-5,8-9H2,1-2H3,(H,16,17). The van der Waals surface area contributed by atoms with Crippen molar-refractivity contribution in [3.63, 3.8) is 0 Å². The van der Waals surface area contributed by atoms with Crippen LogP contribution in [0.15, 0.2) is 18.2 Å². The number of aliphatic carboxylic acids is 1. The maximum absolute atomic E-state index is 11.7. The predicted octanol–water partition coefficient (Wildman–Crippen LogP) is 3.59. The van der Waals surface area contributed by atoms with Crippen LogP contribution < -0.4 is 0 Å². The van der Waals surface area contributed by atoms with Crippen molar-refractivity contribution in [3.8, 4) is 0 Å². The van der Waals surface area contributed by atoms with Crippen LogP contribution in [0.1, 0.15) is 48.8 Å². The fourth-order valence-electron chi connectivity index (χ4n) is 3.10. The molecule has 2 rings (SSSR count). The average Bonchev–Trinajstić information content (AvgIpc) is 2.29. The Bertz CT molecular complexity index is 429. The first-order valence-corrected chi connectivity index (χ1v) is 6.37. The molecule has 2 nitrogen and oxygen atoms in total. The zero-order valence-electron chi connectivity index (χ0n) is 10.6. The molecular formula is C15H20O2. The summed E-state index contributed by atoms with van der Waals surface area (Å²) in [6, 6.07) is 6.14. The molecule has 2 heteroatoms. The third kappa shape index (κ3) is 2.08. The lowest BCUT2D eigenvalue weighted by atomic mass is 9.68. The lowest BCUT2D eigenvalue weighted by Gasteiger charge is -2.34. The summed E-state index contributed by atoms with van der Waals surface area (Å²) in [5.41, 5.74) is 2.71. The summed E-state index contributed by atoms with van der Waals surface area (Å²) >= 11 is 0. The van der Waals surface area contributed by atoms with Crippen molar-refractivity contribution in [3.05, 3.63) is 34.9 Å². The molecule has 0 aliphatic heterocycles. The van der Waals surface area contributed by atoms with Gasteiger partial charge in [-0.15, -0.1) is 0 Å². The minimum atomic E-state index is -0.649. The van der Waals surface area contributed by atoms with E-state index in [9.17, 15) is 9.90 Å². The molecule has 0 amide bonds. The molecular weight excluding hydrogens is 212 g/mol. The van der Waals surface area contributed by atoms with Crippen LogP contribution in [0.5, 0.6) is 0 Å². The minimum Gasteiger partial charge on any atom is -0.481 e. The van der Waals surface area contributed by atoms with Crippen molar-refractivity contribution in [1.82, 2.24) is 0 Å². The van der Waals surface area contributed by atoms with E-state index < -0.39 is 11.4 Å². The van der Waals surface area contributed by atoms with Gasteiger partial charge in [-0.3, -0.25) is 4.79 Å². The van der Waals surface area contributed by atoms with Crippen molar-refractivity contribution in [2.75, 3.05) is 0 Å². The van der Waals surface area contributed by atoms with E-state index in [0.717, 1.165) is 36.8 Å². The number of benzene rings is 1. The van der Waals surface area contributed by atoms with Crippen molar-refractivity contribution >= 4 is 5.97 Å². The molecule has 0 unspecified atom stereocenters. The van der Waals surface area contributed by atoms with E-state index in [1.165, 1.54) is 12.0 Å². The topological polar surface area (TPSA) is 37.3 Å². The second kappa shape index (κ2) is 4.52. The highest BCUT2D eigenvalue weighted by molar-refractivity contribution is 5.82. The largest absolute Gasteiger partial charge is 0.481 e. The predicted molar refractivity (Wildman–Crippen MR) is 68.3 cm³/mol. The van der Waals surface area contributed by atoms with Crippen molar-refractivity contribution in [2.24, 2.45) is 0 Å². The zero-order chi connectivity index (χ0) is 12.5. The van der Waals surface area contributed by atoms with E-state index >= 15 is 0 Å². The lowest BCUT2D eigenvalue weighted by Crippen LogP contribution is -2.38. The summed E-state index contributed by atoms with van der Waals surface area (Å²) in [4.78, 5) is 11.7. The highest BCUT2D eigenvalue weighted by Gasteiger charge is 2.41. The Morgan fingerprint density at radius 2 is 1.82 bits per heavy atom.